The second kappa shape index (κ2) is 24.6. The van der Waals surface area contributed by atoms with Crippen molar-refractivity contribution in [2.75, 3.05) is 7.11 Å². The molecule has 0 aromatic carbocycles. The van der Waals surface area contributed by atoms with E-state index in [9.17, 15) is 39.0 Å². The molecule has 2 saturated heterocycles. The van der Waals surface area contributed by atoms with Gasteiger partial charge in [-0.15, -0.1) is 0 Å². The summed E-state index contributed by atoms with van der Waals surface area (Å²) >= 11 is 0. The van der Waals surface area contributed by atoms with Crippen molar-refractivity contribution in [2.45, 2.75) is 171 Å². The summed E-state index contributed by atoms with van der Waals surface area (Å²) in [6.07, 6.45) is 10.6. The first-order valence-electron chi connectivity index (χ1n) is 21.1. The van der Waals surface area contributed by atoms with Crippen molar-refractivity contribution in [1.82, 2.24) is 20.2 Å². The number of hydrogen-bond acceptors (Lipinski definition) is 13. The molecule has 334 valence electrons. The topological polar surface area (TPSA) is 260 Å². The fourth-order valence-corrected chi connectivity index (χ4v) is 7.32. The Morgan fingerprint density at radius 2 is 1.70 bits per heavy atom. The Morgan fingerprint density at radius 1 is 1.00 bits per heavy atom. The Kier molecular flexibility index (Phi) is 19.7. The molecule has 0 spiro atoms. The SMILES string of the molecule is CCCCCC=CCC=CCCCCCCCC(=O)O[C@@H]1[C@H](OC)[C@@H]([C@@H](O[C@H]2OC(C(=O)N[C@H]3CCC[C@@H](C)NC3=O)=C[C@H](O)[C@@H]2O)C(N)=O)O[C@H]1n1ccc(=O)[nH]c1=O. The number of hydrogen-bond donors (Lipinski definition) is 6. The van der Waals surface area contributed by atoms with E-state index in [0.29, 0.717) is 25.7 Å². The van der Waals surface area contributed by atoms with E-state index in [2.05, 4.69) is 46.8 Å². The lowest BCUT2D eigenvalue weighted by molar-refractivity contribution is -0.241. The van der Waals surface area contributed by atoms with E-state index in [-0.39, 0.29) is 12.5 Å². The number of methoxy groups -OCH3 is 1. The molecule has 60 heavy (non-hydrogen) atoms. The largest absolute Gasteiger partial charge is 0.456 e. The summed E-state index contributed by atoms with van der Waals surface area (Å²) in [5.41, 5.74) is 4.16. The number of unbranched alkanes of at least 4 members (excludes halogenated alkanes) is 8. The highest BCUT2D eigenvalue weighted by atomic mass is 16.7. The van der Waals surface area contributed by atoms with Crippen LogP contribution >= 0.6 is 0 Å². The van der Waals surface area contributed by atoms with Crippen LogP contribution in [0.25, 0.3) is 0 Å². The number of nitrogens with zero attached hydrogens (tertiary/aromatic N) is 1. The van der Waals surface area contributed by atoms with Crippen LogP contribution in [-0.2, 0) is 42.9 Å². The van der Waals surface area contributed by atoms with E-state index >= 15 is 0 Å². The van der Waals surface area contributed by atoms with Gasteiger partial charge in [-0.2, -0.15) is 0 Å². The third kappa shape index (κ3) is 14.2. The smallest absolute Gasteiger partial charge is 0.330 e. The molecule has 18 heteroatoms. The lowest BCUT2D eigenvalue weighted by atomic mass is 10.0. The summed E-state index contributed by atoms with van der Waals surface area (Å²) in [6.45, 7) is 4.04. The van der Waals surface area contributed by atoms with Crippen LogP contribution in [-0.4, -0.2) is 106 Å². The van der Waals surface area contributed by atoms with Crippen LogP contribution in [0, 0.1) is 0 Å². The Labute approximate surface area is 349 Å². The van der Waals surface area contributed by atoms with Gasteiger partial charge in [-0.05, 0) is 70.8 Å². The average Bonchev–Trinajstić information content (AvgIpc) is 3.46. The number of carbonyl (C=O) groups excluding carboxylic acids is 4. The third-order valence-electron chi connectivity index (χ3n) is 10.6. The van der Waals surface area contributed by atoms with Crippen LogP contribution in [0.4, 0.5) is 0 Å². The maximum atomic E-state index is 13.2. The van der Waals surface area contributed by atoms with Gasteiger partial charge in [0.15, 0.2) is 24.2 Å². The number of aromatic nitrogens is 2. The molecule has 0 aliphatic carbocycles. The number of H-pyrrole nitrogens is 1. The lowest BCUT2D eigenvalue weighted by Gasteiger charge is -2.35. The average molecular weight is 846 g/mol. The van der Waals surface area contributed by atoms with Gasteiger partial charge in [0, 0.05) is 31.8 Å². The number of allylic oxidation sites excluding steroid dienone is 4. The van der Waals surface area contributed by atoms with Crippen molar-refractivity contribution in [3.63, 3.8) is 0 Å². The number of aliphatic hydroxyl groups excluding tert-OH is 2. The normalized spacial score (nSPS) is 27.5. The number of primary amides is 1. The van der Waals surface area contributed by atoms with Gasteiger partial charge in [0.25, 0.3) is 11.5 Å². The van der Waals surface area contributed by atoms with Gasteiger partial charge < -0.3 is 50.3 Å². The van der Waals surface area contributed by atoms with Crippen LogP contribution in [0.5, 0.6) is 0 Å². The molecular weight excluding hydrogens is 782 g/mol. The fourth-order valence-electron chi connectivity index (χ4n) is 7.32. The quantitative estimate of drug-likeness (QED) is 0.0525. The van der Waals surface area contributed by atoms with E-state index in [0.717, 1.165) is 67.9 Å². The molecule has 4 heterocycles. The summed E-state index contributed by atoms with van der Waals surface area (Å²) in [5, 5.41) is 26.9. The summed E-state index contributed by atoms with van der Waals surface area (Å²) in [7, 11) is 1.24. The Balaban J connectivity index is 1.38. The zero-order chi connectivity index (χ0) is 43.6. The van der Waals surface area contributed by atoms with Crippen molar-refractivity contribution in [1.29, 1.82) is 0 Å². The molecule has 1 aromatic rings. The molecule has 0 radical (unpaired) electrons. The first-order valence-corrected chi connectivity index (χ1v) is 21.1. The van der Waals surface area contributed by atoms with Gasteiger partial charge in [-0.3, -0.25) is 33.5 Å². The molecule has 4 rings (SSSR count). The van der Waals surface area contributed by atoms with Crippen LogP contribution in [0.1, 0.15) is 116 Å². The highest BCUT2D eigenvalue weighted by Crippen LogP contribution is 2.36. The zero-order valence-electron chi connectivity index (χ0n) is 34.8. The molecule has 0 unspecified atom stereocenters. The molecular formula is C42H63N5O13. The van der Waals surface area contributed by atoms with Gasteiger partial charge in [-0.25, -0.2) is 4.79 Å². The maximum absolute atomic E-state index is 13.2. The molecule has 0 bridgehead atoms. The Morgan fingerprint density at radius 3 is 2.38 bits per heavy atom. The van der Waals surface area contributed by atoms with Crippen molar-refractivity contribution in [3.8, 4) is 0 Å². The molecule has 7 N–H and O–H groups in total. The number of nitrogens with one attached hydrogen (secondary N) is 3. The first-order chi connectivity index (χ1) is 28.8. The van der Waals surface area contributed by atoms with Crippen molar-refractivity contribution >= 4 is 23.7 Å². The monoisotopic (exact) mass is 845 g/mol. The number of nitrogens with two attached hydrogens (primary N) is 1. The van der Waals surface area contributed by atoms with Crippen LogP contribution < -0.4 is 27.6 Å². The number of carbonyl (C=O) groups is 4. The Bertz CT molecular complexity index is 1780. The number of aliphatic hydroxyl groups is 2. The van der Waals surface area contributed by atoms with Crippen molar-refractivity contribution < 1.29 is 53.1 Å². The second-order valence-electron chi connectivity index (χ2n) is 15.5. The first kappa shape index (κ1) is 48.1. The van der Waals surface area contributed by atoms with E-state index in [1.165, 1.54) is 26.4 Å². The van der Waals surface area contributed by atoms with Crippen LogP contribution in [0.2, 0.25) is 0 Å². The predicted octanol–water partition coefficient (Wildman–Crippen LogP) is 2.18. The second-order valence-corrected chi connectivity index (χ2v) is 15.5. The molecule has 3 aliphatic rings. The van der Waals surface area contributed by atoms with Crippen molar-refractivity contribution in [3.05, 3.63) is 69.2 Å². The minimum atomic E-state index is -1.89. The molecule has 10 atom stereocenters. The standard InChI is InChI=1S/C42H63N5O13/c1-4-5-6-7-8-9-10-11-12-13-14-15-16-17-18-22-31(50)58-36-33(56-3)34(59-40(36)47-24-23-30(49)46-42(47)55)35(37(43)52)60-41-32(51)28(48)25-29(57-41)39(54)45-27-21-19-20-26(2)44-38(27)53/h8-9,11-12,23-28,32-36,40-41,48,51H,4-7,10,13-22H2,1-3H3,(H2,43,52)(H,44,53)(H,45,54)(H,46,49,55)/t26-,27+,28+,32+,33-,34+,35-,36-,40-,41-/m1/s1. The Hall–Kier alpha value is -4.62. The molecule has 18 nitrogen and oxygen atoms in total. The maximum Gasteiger partial charge on any atom is 0.330 e. The van der Waals surface area contributed by atoms with E-state index in [1.807, 2.05) is 6.92 Å². The van der Waals surface area contributed by atoms with Gasteiger partial charge in [0.2, 0.25) is 18.1 Å². The number of rotatable bonds is 23. The van der Waals surface area contributed by atoms with Gasteiger partial charge >= 0.3 is 11.7 Å². The fraction of sp³-hybridized carbons (Fsp3) is 0.667. The highest BCUT2D eigenvalue weighted by Gasteiger charge is 2.54. The minimum absolute atomic E-state index is 0.0315. The summed E-state index contributed by atoms with van der Waals surface area (Å²) in [5.74, 6) is -3.59. The zero-order valence-corrected chi connectivity index (χ0v) is 34.8. The van der Waals surface area contributed by atoms with E-state index in [1.54, 1.807) is 0 Å². The minimum Gasteiger partial charge on any atom is -0.456 e. The van der Waals surface area contributed by atoms with Gasteiger partial charge in [0.1, 0.15) is 30.5 Å². The van der Waals surface area contributed by atoms with Gasteiger partial charge in [-0.1, -0.05) is 63.3 Å². The molecule has 3 aliphatic heterocycles. The number of aromatic amines is 1. The number of amides is 3. The number of ether oxygens (including phenoxy) is 5. The number of esters is 1. The molecule has 2 fully saturated rings. The summed E-state index contributed by atoms with van der Waals surface area (Å²) in [4.78, 5) is 79.1. The highest BCUT2D eigenvalue weighted by molar-refractivity contribution is 5.95. The lowest BCUT2D eigenvalue weighted by Crippen LogP contribution is -2.54. The summed E-state index contributed by atoms with van der Waals surface area (Å²) in [6, 6.07) is 0.0700. The van der Waals surface area contributed by atoms with E-state index < -0.39 is 95.9 Å². The third-order valence-corrected chi connectivity index (χ3v) is 10.6. The van der Waals surface area contributed by atoms with Gasteiger partial charge in [0.05, 0.1) is 0 Å². The predicted molar refractivity (Wildman–Crippen MR) is 218 cm³/mol. The molecule has 3 amide bonds. The van der Waals surface area contributed by atoms with Crippen LogP contribution in [0.3, 0.4) is 0 Å². The van der Waals surface area contributed by atoms with Crippen molar-refractivity contribution in [2.24, 2.45) is 5.73 Å². The van der Waals surface area contributed by atoms with Crippen LogP contribution in [0.15, 0.2) is 58.0 Å². The molecule has 1 aromatic heterocycles. The summed E-state index contributed by atoms with van der Waals surface area (Å²) < 4.78 is 30.0. The van der Waals surface area contributed by atoms with E-state index in [4.69, 9.17) is 29.4 Å². The molecule has 0 saturated carbocycles.